The van der Waals surface area contributed by atoms with Crippen molar-refractivity contribution >= 4 is 5.65 Å². The number of para-hydroxylation sites is 1. The number of imidazole rings is 1. The van der Waals surface area contributed by atoms with Crippen LogP contribution in [0, 0.1) is 6.92 Å². The Labute approximate surface area is 114 Å². The topological polar surface area (TPSA) is 26.5 Å². The lowest BCUT2D eigenvalue weighted by Crippen LogP contribution is -2.03. The second-order valence-electron chi connectivity index (χ2n) is 4.47. The van der Waals surface area contributed by atoms with Gasteiger partial charge in [0.15, 0.2) is 0 Å². The average molecular weight is 274 g/mol. The Morgan fingerprint density at radius 3 is 2.80 bits per heavy atom. The fourth-order valence-electron chi connectivity index (χ4n) is 2.09. The number of rotatable bonds is 3. The molecule has 0 aliphatic heterocycles. The highest BCUT2D eigenvalue weighted by atomic mass is 19.3. The molecule has 0 bridgehead atoms. The van der Waals surface area contributed by atoms with E-state index in [-0.39, 0.29) is 5.75 Å². The molecule has 0 radical (unpaired) electrons. The van der Waals surface area contributed by atoms with Gasteiger partial charge in [0.2, 0.25) is 0 Å². The van der Waals surface area contributed by atoms with Crippen molar-refractivity contribution in [3.8, 4) is 17.0 Å². The Kier molecular flexibility index (Phi) is 3.10. The van der Waals surface area contributed by atoms with Gasteiger partial charge < -0.3 is 9.14 Å². The highest BCUT2D eigenvalue weighted by molar-refractivity contribution is 5.69. The summed E-state index contributed by atoms with van der Waals surface area (Å²) in [7, 11) is 0. The van der Waals surface area contributed by atoms with E-state index < -0.39 is 6.61 Å². The fraction of sp³-hybridized carbons (Fsp3) is 0.133. The molecular weight excluding hydrogens is 262 g/mol. The summed E-state index contributed by atoms with van der Waals surface area (Å²) in [5.41, 5.74) is 3.01. The number of aryl methyl sites for hydroxylation is 1. The van der Waals surface area contributed by atoms with Crippen LogP contribution in [0.4, 0.5) is 8.78 Å². The van der Waals surface area contributed by atoms with Gasteiger partial charge in [0.25, 0.3) is 0 Å². The molecule has 3 aromatic rings. The minimum Gasteiger partial charge on any atom is -0.434 e. The molecule has 0 saturated heterocycles. The number of pyridine rings is 1. The van der Waals surface area contributed by atoms with E-state index in [4.69, 9.17) is 0 Å². The zero-order valence-electron chi connectivity index (χ0n) is 10.8. The van der Waals surface area contributed by atoms with Crippen LogP contribution in [-0.4, -0.2) is 16.0 Å². The minimum atomic E-state index is -2.85. The summed E-state index contributed by atoms with van der Waals surface area (Å²) < 4.78 is 31.2. The Morgan fingerprint density at radius 1 is 1.20 bits per heavy atom. The van der Waals surface area contributed by atoms with Crippen LogP contribution in [-0.2, 0) is 0 Å². The molecule has 20 heavy (non-hydrogen) atoms. The van der Waals surface area contributed by atoms with Crippen molar-refractivity contribution in [3.05, 3.63) is 54.4 Å². The van der Waals surface area contributed by atoms with Crippen molar-refractivity contribution in [2.45, 2.75) is 13.5 Å². The van der Waals surface area contributed by atoms with Crippen molar-refractivity contribution in [2.24, 2.45) is 0 Å². The van der Waals surface area contributed by atoms with Crippen LogP contribution >= 0.6 is 0 Å². The molecule has 0 aliphatic rings. The van der Waals surface area contributed by atoms with Gasteiger partial charge in [-0.3, -0.25) is 0 Å². The van der Waals surface area contributed by atoms with Crippen LogP contribution < -0.4 is 4.74 Å². The van der Waals surface area contributed by atoms with E-state index in [2.05, 4.69) is 9.72 Å². The Bertz CT molecular complexity index is 752. The van der Waals surface area contributed by atoms with E-state index in [9.17, 15) is 8.78 Å². The quantitative estimate of drug-likeness (QED) is 0.724. The Morgan fingerprint density at radius 2 is 2.00 bits per heavy atom. The number of aromatic nitrogens is 2. The molecule has 2 heterocycles. The number of fused-ring (bicyclic) bond motifs is 1. The largest absolute Gasteiger partial charge is 0.434 e. The van der Waals surface area contributed by atoms with Crippen molar-refractivity contribution in [1.82, 2.24) is 9.38 Å². The van der Waals surface area contributed by atoms with Gasteiger partial charge in [0, 0.05) is 18.0 Å². The number of benzene rings is 1. The third-order valence-corrected chi connectivity index (χ3v) is 2.99. The SMILES string of the molecule is Cc1ccn2cc(-c3ccccc3OC(F)F)nc2c1. The first-order valence-electron chi connectivity index (χ1n) is 6.13. The van der Waals surface area contributed by atoms with Crippen molar-refractivity contribution in [2.75, 3.05) is 0 Å². The monoisotopic (exact) mass is 274 g/mol. The van der Waals surface area contributed by atoms with E-state index in [0.717, 1.165) is 11.2 Å². The van der Waals surface area contributed by atoms with Crippen LogP contribution in [0.2, 0.25) is 0 Å². The zero-order chi connectivity index (χ0) is 14.1. The predicted molar refractivity (Wildman–Crippen MR) is 72.0 cm³/mol. The molecular formula is C15H12F2N2O. The van der Waals surface area contributed by atoms with Gasteiger partial charge in [-0.05, 0) is 36.8 Å². The summed E-state index contributed by atoms with van der Waals surface area (Å²) in [4.78, 5) is 4.45. The summed E-state index contributed by atoms with van der Waals surface area (Å²) in [6.45, 7) is -0.877. The molecule has 2 aromatic heterocycles. The lowest BCUT2D eigenvalue weighted by molar-refractivity contribution is -0.0494. The maximum absolute atomic E-state index is 12.4. The maximum Gasteiger partial charge on any atom is 0.387 e. The second-order valence-corrected chi connectivity index (χ2v) is 4.47. The summed E-state index contributed by atoms with van der Waals surface area (Å²) in [5, 5.41) is 0. The number of halogens is 2. The van der Waals surface area contributed by atoms with E-state index in [1.165, 1.54) is 6.07 Å². The highest BCUT2D eigenvalue weighted by Gasteiger charge is 2.13. The van der Waals surface area contributed by atoms with Gasteiger partial charge in [-0.2, -0.15) is 8.78 Å². The molecule has 0 atom stereocenters. The first-order chi connectivity index (χ1) is 9.63. The molecule has 0 aliphatic carbocycles. The number of nitrogens with zero attached hydrogens (tertiary/aromatic N) is 2. The molecule has 0 fully saturated rings. The molecule has 3 nitrogen and oxygen atoms in total. The van der Waals surface area contributed by atoms with Crippen LogP contribution in [0.5, 0.6) is 5.75 Å². The molecule has 0 N–H and O–H groups in total. The average Bonchev–Trinajstić information content (AvgIpc) is 2.81. The Hall–Kier alpha value is -2.43. The van der Waals surface area contributed by atoms with Gasteiger partial charge in [0.1, 0.15) is 11.4 Å². The highest BCUT2D eigenvalue weighted by Crippen LogP contribution is 2.30. The van der Waals surface area contributed by atoms with Gasteiger partial charge in [-0.25, -0.2) is 4.98 Å². The standard InChI is InChI=1S/C15H12F2N2O/c1-10-6-7-19-9-12(18-14(19)8-10)11-4-2-3-5-13(11)20-15(16)17/h2-9,15H,1H3. The lowest BCUT2D eigenvalue weighted by Gasteiger charge is -2.08. The lowest BCUT2D eigenvalue weighted by atomic mass is 10.1. The molecule has 102 valence electrons. The number of hydrogen-bond acceptors (Lipinski definition) is 2. The Balaban J connectivity index is 2.10. The van der Waals surface area contributed by atoms with Crippen LogP contribution in [0.15, 0.2) is 48.8 Å². The van der Waals surface area contributed by atoms with E-state index >= 15 is 0 Å². The summed E-state index contributed by atoms with van der Waals surface area (Å²) in [6, 6.07) is 10.5. The molecule has 0 amide bonds. The molecule has 3 rings (SSSR count). The third-order valence-electron chi connectivity index (χ3n) is 2.99. The smallest absolute Gasteiger partial charge is 0.387 e. The molecule has 0 saturated carbocycles. The van der Waals surface area contributed by atoms with Gasteiger partial charge in [-0.1, -0.05) is 12.1 Å². The van der Waals surface area contributed by atoms with Gasteiger partial charge in [0.05, 0.1) is 5.69 Å². The van der Waals surface area contributed by atoms with E-state index in [1.54, 1.807) is 24.4 Å². The van der Waals surface area contributed by atoms with E-state index in [1.807, 2.05) is 29.7 Å². The first-order valence-corrected chi connectivity index (χ1v) is 6.13. The fourth-order valence-corrected chi connectivity index (χ4v) is 2.09. The summed E-state index contributed by atoms with van der Waals surface area (Å²) in [5.74, 6) is 0.127. The summed E-state index contributed by atoms with van der Waals surface area (Å²) >= 11 is 0. The second kappa shape index (κ2) is 4.92. The molecule has 5 heteroatoms. The third kappa shape index (κ3) is 2.34. The zero-order valence-corrected chi connectivity index (χ0v) is 10.8. The van der Waals surface area contributed by atoms with Crippen LogP contribution in [0.25, 0.3) is 16.9 Å². The van der Waals surface area contributed by atoms with Crippen LogP contribution in [0.3, 0.4) is 0 Å². The maximum atomic E-state index is 12.4. The van der Waals surface area contributed by atoms with E-state index in [0.29, 0.717) is 11.3 Å². The molecule has 0 unspecified atom stereocenters. The normalized spacial score (nSPS) is 11.2. The predicted octanol–water partition coefficient (Wildman–Crippen LogP) is 3.91. The van der Waals surface area contributed by atoms with Gasteiger partial charge in [-0.15, -0.1) is 0 Å². The first kappa shape index (κ1) is 12.6. The molecule has 0 spiro atoms. The van der Waals surface area contributed by atoms with Crippen molar-refractivity contribution < 1.29 is 13.5 Å². The number of ether oxygens (including phenoxy) is 1. The summed E-state index contributed by atoms with van der Waals surface area (Å²) in [6.07, 6.45) is 3.68. The van der Waals surface area contributed by atoms with Crippen molar-refractivity contribution in [1.29, 1.82) is 0 Å². The number of alkyl halides is 2. The van der Waals surface area contributed by atoms with Crippen molar-refractivity contribution in [3.63, 3.8) is 0 Å². The number of hydrogen-bond donors (Lipinski definition) is 0. The van der Waals surface area contributed by atoms with Crippen LogP contribution in [0.1, 0.15) is 5.56 Å². The molecule has 1 aromatic carbocycles. The van der Waals surface area contributed by atoms with Gasteiger partial charge >= 0.3 is 6.61 Å². The minimum absolute atomic E-state index is 0.127.